The van der Waals surface area contributed by atoms with E-state index in [2.05, 4.69) is 210 Å². The van der Waals surface area contributed by atoms with Gasteiger partial charge >= 0.3 is 6.85 Å². The Bertz CT molecular complexity index is 3100. The van der Waals surface area contributed by atoms with Crippen LogP contribution < -0.4 is 26.1 Å². The number of hydrogen-bond acceptors (Lipinski definition) is 1. The summed E-state index contributed by atoms with van der Waals surface area (Å²) in [6.45, 7) is 36.5. The van der Waals surface area contributed by atoms with E-state index in [0.29, 0.717) is 0 Å². The van der Waals surface area contributed by atoms with Crippen LogP contribution in [0.2, 0.25) is 13.1 Å². The maximum Gasteiger partial charge on any atom is 0.333 e. The highest BCUT2D eigenvalue weighted by molar-refractivity contribution is 7.06. The Morgan fingerprint density at radius 2 is 1.16 bits per heavy atom. The lowest BCUT2D eigenvalue weighted by molar-refractivity contribution is 0.332. The lowest BCUT2D eigenvalue weighted by atomic mass is 9.43. The minimum atomic E-state index is -2.23. The predicted molar refractivity (Wildman–Crippen MR) is 273 cm³/mol. The average Bonchev–Trinajstić information content (AvgIpc) is 3.66. The highest BCUT2D eigenvalue weighted by Gasteiger charge is 2.51. The monoisotopic (exact) mass is 829 g/mol. The third-order valence-corrected chi connectivity index (χ3v) is 19.6. The molecule has 4 heterocycles. The second kappa shape index (κ2) is 12.3. The van der Waals surface area contributed by atoms with Gasteiger partial charge in [-0.2, -0.15) is 0 Å². The molecule has 314 valence electrons. The van der Waals surface area contributed by atoms with Gasteiger partial charge in [0.25, 0.3) is 0 Å². The molecule has 1 aliphatic carbocycles. The standard InChI is InChI=1S/C58H65BN2Si/c1-54(2,3)34-20-24-37(25-21-34)61-46-33-42-41(57(10,11)28-29-58(42,12)13)32-40(46)48-49-38-18-16-17-19-47(38)62(14,15)53(49)50-39-30-35(55(4,5)6)22-26-44(39)60-45-27-23-36(56(7,8)9)31-43(45)59(61)51(48)52(50)60/h16-27,30-33H,28-29H2,1-15H3. The smallest absolute Gasteiger partial charge is 0.333 e. The molecule has 4 aliphatic rings. The third-order valence-electron chi connectivity index (χ3n) is 16.1. The summed E-state index contributed by atoms with van der Waals surface area (Å²) in [6, 6.07) is 39.6. The molecule has 1 aromatic heterocycles. The first-order chi connectivity index (χ1) is 28.9. The number of nitrogens with zero attached hydrogens (tertiary/aromatic N) is 2. The molecule has 2 nitrogen and oxygen atoms in total. The van der Waals surface area contributed by atoms with Crippen molar-refractivity contribution < 1.29 is 0 Å². The highest BCUT2D eigenvalue weighted by Crippen LogP contribution is 2.55. The van der Waals surface area contributed by atoms with Gasteiger partial charge in [-0.3, -0.25) is 0 Å². The van der Waals surface area contributed by atoms with Gasteiger partial charge in [0.05, 0.1) is 11.0 Å². The molecular weight excluding hydrogens is 764 g/mol. The van der Waals surface area contributed by atoms with E-state index >= 15 is 0 Å². The van der Waals surface area contributed by atoms with Crippen LogP contribution in [0.1, 0.15) is 131 Å². The molecule has 0 spiro atoms. The summed E-state index contributed by atoms with van der Waals surface area (Å²) in [5, 5.41) is 6.10. The number of benzene rings is 6. The van der Waals surface area contributed by atoms with Gasteiger partial charge in [0.1, 0.15) is 8.07 Å². The van der Waals surface area contributed by atoms with Crippen molar-refractivity contribution in [2.45, 2.75) is 143 Å². The summed E-state index contributed by atoms with van der Waals surface area (Å²) >= 11 is 0. The molecule has 4 heteroatoms. The molecule has 11 rings (SSSR count). The Balaban J connectivity index is 1.41. The van der Waals surface area contributed by atoms with E-state index in [-0.39, 0.29) is 33.9 Å². The topological polar surface area (TPSA) is 8.17 Å². The summed E-state index contributed by atoms with van der Waals surface area (Å²) in [7, 11) is -2.23. The van der Waals surface area contributed by atoms with Crippen LogP contribution in [-0.4, -0.2) is 19.5 Å². The average molecular weight is 829 g/mol. The van der Waals surface area contributed by atoms with Crippen molar-refractivity contribution in [1.29, 1.82) is 0 Å². The van der Waals surface area contributed by atoms with Gasteiger partial charge in [-0.05, 0) is 148 Å². The predicted octanol–water partition coefficient (Wildman–Crippen LogP) is 13.1. The molecule has 0 radical (unpaired) electrons. The highest BCUT2D eigenvalue weighted by atomic mass is 28.3. The van der Waals surface area contributed by atoms with Crippen molar-refractivity contribution in [2.75, 3.05) is 4.81 Å². The molecular formula is C58H65BN2Si. The molecule has 7 aromatic rings. The number of hydrogen-bond donors (Lipinski definition) is 0. The van der Waals surface area contributed by atoms with E-state index in [1.54, 1.807) is 10.4 Å². The molecule has 0 fully saturated rings. The van der Waals surface area contributed by atoms with Gasteiger partial charge in [-0.25, -0.2) is 0 Å². The van der Waals surface area contributed by atoms with Crippen molar-refractivity contribution in [3.05, 3.63) is 125 Å². The number of fused-ring (bicyclic) bond motifs is 14. The Morgan fingerprint density at radius 3 is 1.81 bits per heavy atom. The zero-order chi connectivity index (χ0) is 44.0. The van der Waals surface area contributed by atoms with Gasteiger partial charge < -0.3 is 9.38 Å². The van der Waals surface area contributed by atoms with Gasteiger partial charge in [0, 0.05) is 33.4 Å². The largest absolute Gasteiger partial charge is 0.376 e. The summed E-state index contributed by atoms with van der Waals surface area (Å²) < 4.78 is 2.72. The normalized spacial score (nSPS) is 17.8. The summed E-state index contributed by atoms with van der Waals surface area (Å²) in [6.07, 6.45) is 2.37. The second-order valence-corrected chi connectivity index (χ2v) is 28.8. The molecule has 3 aliphatic heterocycles. The number of anilines is 2. The molecule has 6 aromatic carbocycles. The van der Waals surface area contributed by atoms with Gasteiger partial charge in [0.15, 0.2) is 0 Å². The SMILES string of the molecule is CC(C)(C)c1ccc(N2B3c4cc(C(C)(C)C)ccc4-n4c5ccc(C(C)(C)C)cc5c5c6c(c(c3c54)-c3cc4c(cc32)C(C)(C)CCC4(C)C)-c2ccccc2[Si]6(C)C)cc1. The first-order valence-electron chi connectivity index (χ1n) is 23.4. The van der Waals surface area contributed by atoms with Crippen LogP contribution in [0.25, 0.3) is 49.7 Å². The zero-order valence-electron chi connectivity index (χ0n) is 40.1. The van der Waals surface area contributed by atoms with E-state index < -0.39 is 8.07 Å². The van der Waals surface area contributed by atoms with Crippen LogP contribution >= 0.6 is 0 Å². The second-order valence-electron chi connectivity index (χ2n) is 24.5. The van der Waals surface area contributed by atoms with Crippen molar-refractivity contribution in [3.8, 4) is 27.9 Å². The van der Waals surface area contributed by atoms with Crippen LogP contribution in [0.4, 0.5) is 11.4 Å². The fourth-order valence-electron chi connectivity index (χ4n) is 12.3. The Hall–Kier alpha value is -4.80. The van der Waals surface area contributed by atoms with Crippen molar-refractivity contribution in [1.82, 2.24) is 4.57 Å². The molecule has 0 saturated heterocycles. The lowest BCUT2D eigenvalue weighted by Crippen LogP contribution is -2.61. The first kappa shape index (κ1) is 40.0. The van der Waals surface area contributed by atoms with Crippen molar-refractivity contribution >= 4 is 69.4 Å². The molecule has 0 amide bonds. The number of rotatable bonds is 1. The van der Waals surface area contributed by atoms with E-state index in [1.807, 2.05) is 0 Å². The zero-order valence-corrected chi connectivity index (χ0v) is 41.1. The Kier molecular flexibility index (Phi) is 7.91. The molecule has 0 bridgehead atoms. The summed E-state index contributed by atoms with van der Waals surface area (Å²) in [5.74, 6) is 0. The van der Waals surface area contributed by atoms with E-state index in [0.717, 1.165) is 0 Å². The third kappa shape index (κ3) is 5.28. The summed E-state index contributed by atoms with van der Waals surface area (Å²) in [5.41, 5.74) is 22.8. The maximum atomic E-state index is 2.80. The minimum absolute atomic E-state index is 0.0131. The molecule has 0 saturated carbocycles. The van der Waals surface area contributed by atoms with Crippen molar-refractivity contribution in [2.24, 2.45) is 0 Å². The fraction of sp³-hybridized carbons (Fsp3) is 0.379. The Labute approximate surface area is 372 Å². The minimum Gasteiger partial charge on any atom is -0.376 e. The van der Waals surface area contributed by atoms with Crippen LogP contribution in [0, 0.1) is 0 Å². The summed E-state index contributed by atoms with van der Waals surface area (Å²) in [4.78, 5) is 2.80. The first-order valence-corrected chi connectivity index (χ1v) is 26.4. The Morgan fingerprint density at radius 1 is 0.581 bits per heavy atom. The molecule has 0 atom stereocenters. The molecule has 62 heavy (non-hydrogen) atoms. The van der Waals surface area contributed by atoms with Crippen molar-refractivity contribution in [3.63, 3.8) is 0 Å². The maximum absolute atomic E-state index is 2.80. The van der Waals surface area contributed by atoms with E-state index in [4.69, 9.17) is 0 Å². The van der Waals surface area contributed by atoms with Gasteiger partial charge in [-0.1, -0.05) is 158 Å². The molecule has 0 N–H and O–H groups in total. The van der Waals surface area contributed by atoms with Crippen LogP contribution in [0.5, 0.6) is 0 Å². The number of aromatic nitrogens is 1. The van der Waals surface area contributed by atoms with Crippen LogP contribution in [0.3, 0.4) is 0 Å². The van der Waals surface area contributed by atoms with E-state index in [9.17, 15) is 0 Å². The van der Waals surface area contributed by atoms with E-state index in [1.165, 1.54) is 113 Å². The van der Waals surface area contributed by atoms with Gasteiger partial charge in [-0.15, -0.1) is 0 Å². The lowest BCUT2D eigenvalue weighted by Gasteiger charge is -2.47. The quantitative estimate of drug-likeness (QED) is 0.150. The van der Waals surface area contributed by atoms with Gasteiger partial charge in [0.2, 0.25) is 0 Å². The van der Waals surface area contributed by atoms with Crippen LogP contribution in [0.15, 0.2) is 97.1 Å². The van der Waals surface area contributed by atoms with Crippen LogP contribution in [-0.2, 0) is 27.1 Å². The fourth-order valence-corrected chi connectivity index (χ4v) is 15.7. The molecule has 0 unspecified atom stereocenters.